The molecule has 10 nitrogen and oxygen atoms in total. The van der Waals surface area contributed by atoms with Crippen molar-refractivity contribution in [1.82, 2.24) is 0 Å². The van der Waals surface area contributed by atoms with Crippen molar-refractivity contribution in [1.29, 1.82) is 0 Å². The van der Waals surface area contributed by atoms with E-state index < -0.39 is 48.2 Å². The van der Waals surface area contributed by atoms with Gasteiger partial charge in [0.1, 0.15) is 6.04 Å². The summed E-state index contributed by atoms with van der Waals surface area (Å²) in [6, 6.07) is -1.30. The Morgan fingerprint density at radius 1 is 0.811 bits per heavy atom. The average molecular weight is 529 g/mol. The van der Waals surface area contributed by atoms with Crippen LogP contribution >= 0.6 is 0 Å². The maximum atomic E-state index is 12.9. The van der Waals surface area contributed by atoms with Gasteiger partial charge in [-0.25, -0.2) is 0 Å². The molecule has 37 heavy (non-hydrogen) atoms. The lowest BCUT2D eigenvalue weighted by Crippen LogP contribution is -2.44. The third-order valence-corrected chi connectivity index (χ3v) is 5.82. The summed E-state index contributed by atoms with van der Waals surface area (Å²) in [6.07, 6.45) is 9.67. The van der Waals surface area contributed by atoms with Gasteiger partial charge in [0.15, 0.2) is 6.10 Å². The maximum Gasteiger partial charge on any atom is 0.320 e. The molecular weight excluding hydrogens is 480 g/mol. The summed E-state index contributed by atoms with van der Waals surface area (Å²) >= 11 is 0. The molecule has 4 atom stereocenters. The van der Waals surface area contributed by atoms with E-state index in [0.29, 0.717) is 12.8 Å². The number of aliphatic carboxylic acids is 1. The SMILES string of the molecule is CC=CC(C[C@H](N)C(=O)O)C(=O)OC(OC(=O)CCCCCCC)C(CN)OC(=O)CCCCCCC. The van der Waals surface area contributed by atoms with Gasteiger partial charge in [0.05, 0.1) is 5.92 Å². The van der Waals surface area contributed by atoms with Crippen molar-refractivity contribution in [3.63, 3.8) is 0 Å². The Morgan fingerprint density at radius 2 is 1.32 bits per heavy atom. The zero-order chi connectivity index (χ0) is 28.1. The van der Waals surface area contributed by atoms with Crippen LogP contribution in [0.1, 0.15) is 104 Å². The number of hydrogen-bond donors (Lipinski definition) is 3. The molecule has 0 saturated heterocycles. The van der Waals surface area contributed by atoms with Crippen molar-refractivity contribution >= 4 is 23.9 Å². The van der Waals surface area contributed by atoms with Crippen LogP contribution in [0.4, 0.5) is 0 Å². The first-order chi connectivity index (χ1) is 17.7. The van der Waals surface area contributed by atoms with Gasteiger partial charge < -0.3 is 30.8 Å². The van der Waals surface area contributed by atoms with E-state index in [1.807, 2.05) is 0 Å². The average Bonchev–Trinajstić information content (AvgIpc) is 2.86. The molecule has 0 bridgehead atoms. The molecule has 0 aromatic heterocycles. The fourth-order valence-corrected chi connectivity index (χ4v) is 3.61. The van der Waals surface area contributed by atoms with Crippen molar-refractivity contribution in [2.24, 2.45) is 17.4 Å². The van der Waals surface area contributed by atoms with Crippen molar-refractivity contribution in [3.05, 3.63) is 12.2 Å². The minimum atomic E-state index is -1.56. The summed E-state index contributed by atoms with van der Waals surface area (Å²) in [6.45, 7) is 5.61. The molecule has 0 spiro atoms. The van der Waals surface area contributed by atoms with E-state index in [1.165, 1.54) is 6.08 Å². The Hall–Kier alpha value is -2.46. The number of hydrogen-bond acceptors (Lipinski definition) is 9. The molecular formula is C27H48N2O8. The highest BCUT2D eigenvalue weighted by atomic mass is 16.7. The summed E-state index contributed by atoms with van der Waals surface area (Å²) in [5.74, 6) is -4.25. The monoisotopic (exact) mass is 528 g/mol. The molecule has 0 aromatic carbocycles. The van der Waals surface area contributed by atoms with E-state index in [0.717, 1.165) is 51.4 Å². The molecule has 0 fully saturated rings. The van der Waals surface area contributed by atoms with Crippen LogP contribution < -0.4 is 11.5 Å². The number of carboxylic acids is 1. The summed E-state index contributed by atoms with van der Waals surface area (Å²) in [4.78, 5) is 49.0. The fraction of sp³-hybridized carbons (Fsp3) is 0.778. The number of unbranched alkanes of at least 4 members (excludes halogenated alkanes) is 8. The Morgan fingerprint density at radius 3 is 1.78 bits per heavy atom. The van der Waals surface area contributed by atoms with Crippen LogP contribution in [-0.2, 0) is 33.4 Å². The smallest absolute Gasteiger partial charge is 0.320 e. The molecule has 0 aromatic rings. The molecule has 0 aliphatic heterocycles. The van der Waals surface area contributed by atoms with Crippen molar-refractivity contribution in [2.75, 3.05) is 6.54 Å². The van der Waals surface area contributed by atoms with Crippen LogP contribution in [0.25, 0.3) is 0 Å². The number of allylic oxidation sites excluding steroid dienone is 1. The number of carbonyl (C=O) groups is 4. The highest BCUT2D eigenvalue weighted by Crippen LogP contribution is 2.17. The Balaban J connectivity index is 5.37. The van der Waals surface area contributed by atoms with Gasteiger partial charge in [0.25, 0.3) is 6.29 Å². The molecule has 0 aliphatic rings. The predicted octanol–water partition coefficient (Wildman–Crippen LogP) is 3.98. The second-order valence-electron chi connectivity index (χ2n) is 9.20. The molecule has 5 N–H and O–H groups in total. The van der Waals surface area contributed by atoms with Gasteiger partial charge in [0, 0.05) is 19.4 Å². The summed E-state index contributed by atoms with van der Waals surface area (Å²) in [5.41, 5.74) is 11.4. The van der Waals surface area contributed by atoms with E-state index in [2.05, 4.69) is 13.8 Å². The summed E-state index contributed by atoms with van der Waals surface area (Å²) < 4.78 is 16.3. The maximum absolute atomic E-state index is 12.9. The van der Waals surface area contributed by atoms with Crippen molar-refractivity contribution < 1.29 is 38.5 Å². The van der Waals surface area contributed by atoms with Crippen LogP contribution in [0.2, 0.25) is 0 Å². The molecule has 0 heterocycles. The summed E-state index contributed by atoms with van der Waals surface area (Å²) in [7, 11) is 0. The highest BCUT2D eigenvalue weighted by molar-refractivity contribution is 5.78. The lowest BCUT2D eigenvalue weighted by Gasteiger charge is -2.27. The number of carbonyl (C=O) groups excluding carboxylic acids is 3. The van der Waals surface area contributed by atoms with Crippen LogP contribution in [-0.4, -0.2) is 54.0 Å². The topological polar surface area (TPSA) is 168 Å². The molecule has 10 heteroatoms. The quantitative estimate of drug-likeness (QED) is 0.0808. The molecule has 214 valence electrons. The number of ether oxygens (including phenoxy) is 3. The van der Waals surface area contributed by atoms with Gasteiger partial charge in [-0.2, -0.15) is 0 Å². The lowest BCUT2D eigenvalue weighted by atomic mass is 10.00. The minimum absolute atomic E-state index is 0.114. The van der Waals surface area contributed by atoms with Gasteiger partial charge in [-0.15, -0.1) is 0 Å². The first-order valence-electron chi connectivity index (χ1n) is 13.6. The van der Waals surface area contributed by atoms with E-state index >= 15 is 0 Å². The fourth-order valence-electron chi connectivity index (χ4n) is 3.61. The van der Waals surface area contributed by atoms with Crippen molar-refractivity contribution in [3.8, 4) is 0 Å². The van der Waals surface area contributed by atoms with Crippen LogP contribution in [0, 0.1) is 5.92 Å². The largest absolute Gasteiger partial charge is 0.480 e. The second-order valence-corrected chi connectivity index (χ2v) is 9.20. The molecule has 0 rings (SSSR count). The first kappa shape index (κ1) is 34.5. The van der Waals surface area contributed by atoms with Gasteiger partial charge in [-0.3, -0.25) is 19.2 Å². The number of rotatable bonds is 22. The van der Waals surface area contributed by atoms with E-state index in [4.69, 9.17) is 30.8 Å². The van der Waals surface area contributed by atoms with Crippen LogP contribution in [0.3, 0.4) is 0 Å². The minimum Gasteiger partial charge on any atom is -0.480 e. The van der Waals surface area contributed by atoms with E-state index in [9.17, 15) is 19.2 Å². The summed E-state index contributed by atoms with van der Waals surface area (Å²) in [5, 5.41) is 9.12. The molecule has 3 unspecified atom stereocenters. The number of carboxylic acid groups (broad SMARTS) is 1. The zero-order valence-electron chi connectivity index (χ0n) is 22.8. The third-order valence-electron chi connectivity index (χ3n) is 5.82. The van der Waals surface area contributed by atoms with Crippen molar-refractivity contribution in [2.45, 2.75) is 123 Å². The van der Waals surface area contributed by atoms with E-state index in [1.54, 1.807) is 13.0 Å². The van der Waals surface area contributed by atoms with Gasteiger partial charge in [-0.1, -0.05) is 77.4 Å². The van der Waals surface area contributed by atoms with Crippen LogP contribution in [0.15, 0.2) is 12.2 Å². The predicted molar refractivity (Wildman–Crippen MR) is 140 cm³/mol. The molecule has 0 saturated carbocycles. The standard InChI is InChI=1S/C27H48N2O8/c1-4-7-9-11-13-16-23(30)35-22(19-28)27(36-24(31)17-14-12-10-8-5-2)37-26(34)20(15-6-3)18-21(29)25(32)33/h6,15,20-22,27H,4-5,7-14,16-19,28-29H2,1-3H3,(H,32,33)/t20?,21-,22?,27?/m0/s1. The second kappa shape index (κ2) is 21.6. The molecule has 0 amide bonds. The van der Waals surface area contributed by atoms with Crippen LogP contribution in [0.5, 0.6) is 0 Å². The number of nitrogens with two attached hydrogens (primary N) is 2. The Labute approximate surface area is 221 Å². The van der Waals surface area contributed by atoms with Gasteiger partial charge >= 0.3 is 23.9 Å². The van der Waals surface area contributed by atoms with Gasteiger partial charge in [0.2, 0.25) is 0 Å². The third kappa shape index (κ3) is 16.8. The normalized spacial score (nSPS) is 14.5. The first-order valence-corrected chi connectivity index (χ1v) is 13.6. The Kier molecular flexibility index (Phi) is 20.2. The Bertz CT molecular complexity index is 698. The van der Waals surface area contributed by atoms with Gasteiger partial charge in [-0.05, 0) is 26.2 Å². The lowest BCUT2D eigenvalue weighted by molar-refractivity contribution is -0.215. The zero-order valence-corrected chi connectivity index (χ0v) is 22.8. The number of esters is 3. The molecule has 0 aliphatic carbocycles. The molecule has 0 radical (unpaired) electrons. The highest BCUT2D eigenvalue weighted by Gasteiger charge is 2.34. The van der Waals surface area contributed by atoms with E-state index in [-0.39, 0.29) is 25.8 Å².